The van der Waals surface area contributed by atoms with Gasteiger partial charge >= 0.3 is 0 Å². The Labute approximate surface area is 195 Å². The largest absolute Gasteiger partial charge is 0.355 e. The van der Waals surface area contributed by atoms with Gasteiger partial charge in [0.25, 0.3) is 5.91 Å². The second-order valence-electron chi connectivity index (χ2n) is 8.01. The van der Waals surface area contributed by atoms with Gasteiger partial charge in [-0.2, -0.15) is 10.5 Å². The average molecular weight is 456 g/mol. The number of aromatic nitrogens is 1. The van der Waals surface area contributed by atoms with Crippen LogP contribution in [0.3, 0.4) is 0 Å². The van der Waals surface area contributed by atoms with Gasteiger partial charge in [-0.15, -0.1) is 0 Å². The monoisotopic (exact) mass is 456 g/mol. The summed E-state index contributed by atoms with van der Waals surface area (Å²) in [6.07, 6.45) is 3.16. The molecule has 0 saturated carbocycles. The Morgan fingerprint density at radius 3 is 2.38 bits per heavy atom. The van der Waals surface area contributed by atoms with E-state index in [1.54, 1.807) is 29.9 Å². The molecule has 0 bridgehead atoms. The number of nitrogens with two attached hydrogens (primary N) is 1. The van der Waals surface area contributed by atoms with Gasteiger partial charge in [0, 0.05) is 42.0 Å². The number of rotatable bonds is 4. The number of carbonyl (C=O) groups excluding carboxylic acids is 1. The standard InChI is InChI=1S/C25H21FN6O2/c26-22-11-17(5-6-18(22)12-27)23-20(13-28)24(32-9-7-19(29)8-10-32)30-14-21(23)15-1-3-16(4-2-15)25(33)31-34/h1-6,11,14,19,34H,7-10,29H2,(H,31,33). The lowest BCUT2D eigenvalue weighted by Gasteiger charge is -2.32. The third-order valence-electron chi connectivity index (χ3n) is 5.95. The first kappa shape index (κ1) is 22.9. The molecule has 1 fully saturated rings. The summed E-state index contributed by atoms with van der Waals surface area (Å²) in [6, 6.07) is 14.7. The zero-order valence-corrected chi connectivity index (χ0v) is 18.1. The van der Waals surface area contributed by atoms with Gasteiger partial charge in [-0.1, -0.05) is 18.2 Å². The summed E-state index contributed by atoms with van der Waals surface area (Å²) in [6.45, 7) is 1.29. The smallest absolute Gasteiger partial charge is 0.274 e. The number of hydrogen-bond acceptors (Lipinski definition) is 7. The summed E-state index contributed by atoms with van der Waals surface area (Å²) >= 11 is 0. The molecule has 2 heterocycles. The van der Waals surface area contributed by atoms with E-state index >= 15 is 0 Å². The maximum atomic E-state index is 14.6. The van der Waals surface area contributed by atoms with Crippen molar-refractivity contribution in [2.45, 2.75) is 18.9 Å². The van der Waals surface area contributed by atoms with E-state index in [4.69, 9.17) is 16.2 Å². The molecule has 1 aliphatic heterocycles. The minimum Gasteiger partial charge on any atom is -0.355 e. The van der Waals surface area contributed by atoms with Crippen LogP contribution in [0.2, 0.25) is 0 Å². The molecule has 9 heteroatoms. The number of nitriles is 2. The lowest BCUT2D eigenvalue weighted by Crippen LogP contribution is -2.40. The minimum absolute atomic E-state index is 0.0949. The molecule has 0 radical (unpaired) electrons. The highest BCUT2D eigenvalue weighted by Gasteiger charge is 2.25. The van der Waals surface area contributed by atoms with Crippen molar-refractivity contribution in [3.8, 4) is 34.4 Å². The van der Waals surface area contributed by atoms with E-state index in [-0.39, 0.29) is 22.7 Å². The predicted molar refractivity (Wildman–Crippen MR) is 123 cm³/mol. The van der Waals surface area contributed by atoms with Crippen LogP contribution in [-0.4, -0.2) is 35.2 Å². The summed E-state index contributed by atoms with van der Waals surface area (Å²) in [7, 11) is 0. The van der Waals surface area contributed by atoms with Crippen molar-refractivity contribution in [1.29, 1.82) is 10.5 Å². The van der Waals surface area contributed by atoms with Gasteiger partial charge in [-0.25, -0.2) is 14.9 Å². The first-order valence-electron chi connectivity index (χ1n) is 10.6. The normalized spacial score (nSPS) is 13.7. The number of nitrogens with zero attached hydrogens (tertiary/aromatic N) is 4. The quantitative estimate of drug-likeness (QED) is 0.404. The van der Waals surface area contributed by atoms with Crippen LogP contribution < -0.4 is 16.1 Å². The second-order valence-corrected chi connectivity index (χ2v) is 8.01. The molecule has 8 nitrogen and oxygen atoms in total. The Kier molecular flexibility index (Phi) is 6.51. The van der Waals surface area contributed by atoms with E-state index < -0.39 is 11.7 Å². The van der Waals surface area contributed by atoms with Crippen LogP contribution in [-0.2, 0) is 0 Å². The molecule has 4 rings (SSSR count). The van der Waals surface area contributed by atoms with Crippen LogP contribution in [0.5, 0.6) is 0 Å². The fourth-order valence-corrected chi connectivity index (χ4v) is 4.10. The number of carbonyl (C=O) groups is 1. The van der Waals surface area contributed by atoms with Gasteiger partial charge in [0.1, 0.15) is 29.3 Å². The van der Waals surface area contributed by atoms with Crippen molar-refractivity contribution in [2.75, 3.05) is 18.0 Å². The highest BCUT2D eigenvalue weighted by Crippen LogP contribution is 2.39. The summed E-state index contributed by atoms with van der Waals surface area (Å²) in [4.78, 5) is 18.3. The maximum absolute atomic E-state index is 14.6. The summed E-state index contributed by atoms with van der Waals surface area (Å²) in [5.74, 6) is -0.850. The fourth-order valence-electron chi connectivity index (χ4n) is 4.10. The molecule has 4 N–H and O–H groups in total. The highest BCUT2D eigenvalue weighted by molar-refractivity contribution is 5.95. The molecule has 0 aliphatic carbocycles. The van der Waals surface area contributed by atoms with E-state index in [9.17, 15) is 14.4 Å². The van der Waals surface area contributed by atoms with Crippen LogP contribution in [0, 0.1) is 28.5 Å². The number of nitrogens with one attached hydrogen (secondary N) is 1. The molecule has 1 aliphatic rings. The van der Waals surface area contributed by atoms with Crippen molar-refractivity contribution >= 4 is 11.7 Å². The molecule has 1 amide bonds. The van der Waals surface area contributed by atoms with E-state index in [0.717, 1.165) is 12.8 Å². The van der Waals surface area contributed by atoms with Crippen molar-refractivity contribution in [2.24, 2.45) is 5.73 Å². The molecule has 170 valence electrons. The Hall–Kier alpha value is -4.31. The van der Waals surface area contributed by atoms with Gasteiger partial charge < -0.3 is 10.6 Å². The van der Waals surface area contributed by atoms with Gasteiger partial charge in [0.15, 0.2) is 0 Å². The summed E-state index contributed by atoms with van der Waals surface area (Å²) < 4.78 is 14.6. The zero-order valence-electron chi connectivity index (χ0n) is 18.1. The van der Waals surface area contributed by atoms with Crippen LogP contribution in [0.25, 0.3) is 22.3 Å². The Morgan fingerprint density at radius 1 is 1.12 bits per heavy atom. The van der Waals surface area contributed by atoms with Crippen molar-refractivity contribution < 1.29 is 14.4 Å². The van der Waals surface area contributed by atoms with Crippen LogP contribution in [0.1, 0.15) is 34.3 Å². The van der Waals surface area contributed by atoms with Gasteiger partial charge in [-0.3, -0.25) is 10.0 Å². The first-order valence-corrected chi connectivity index (χ1v) is 10.6. The molecule has 1 aromatic heterocycles. The second kappa shape index (κ2) is 9.67. The minimum atomic E-state index is -0.688. The number of benzene rings is 2. The van der Waals surface area contributed by atoms with Gasteiger partial charge in [-0.05, 0) is 48.2 Å². The SMILES string of the molecule is N#Cc1ccc(-c2c(-c3ccc(C(=O)NO)cc3)cnc(N3CCC(N)CC3)c2C#N)cc1F. The van der Waals surface area contributed by atoms with E-state index in [1.807, 2.05) is 11.0 Å². The average Bonchev–Trinajstić information content (AvgIpc) is 2.88. The zero-order chi connectivity index (χ0) is 24.2. The molecule has 3 aromatic rings. The number of hydroxylamine groups is 1. The Balaban J connectivity index is 1.91. The Bertz CT molecular complexity index is 1320. The van der Waals surface area contributed by atoms with E-state index in [0.29, 0.717) is 41.2 Å². The number of halogens is 1. The highest BCUT2D eigenvalue weighted by atomic mass is 19.1. The maximum Gasteiger partial charge on any atom is 0.274 e. The molecule has 0 atom stereocenters. The Morgan fingerprint density at radius 2 is 1.79 bits per heavy atom. The molecule has 2 aromatic carbocycles. The summed E-state index contributed by atoms with van der Waals surface area (Å²) in [5.41, 5.74) is 10.2. The van der Waals surface area contributed by atoms with Crippen molar-refractivity contribution in [3.05, 3.63) is 71.2 Å². The molecular weight excluding hydrogens is 435 g/mol. The molecule has 34 heavy (non-hydrogen) atoms. The van der Waals surface area contributed by atoms with Gasteiger partial charge in [0.2, 0.25) is 0 Å². The van der Waals surface area contributed by atoms with E-state index in [1.165, 1.54) is 24.3 Å². The molecule has 0 spiro atoms. The number of pyridine rings is 1. The molecule has 1 saturated heterocycles. The summed E-state index contributed by atoms with van der Waals surface area (Å²) in [5, 5.41) is 28.1. The lowest BCUT2D eigenvalue weighted by atomic mass is 9.91. The van der Waals surface area contributed by atoms with E-state index in [2.05, 4.69) is 11.1 Å². The molecule has 0 unspecified atom stereocenters. The third kappa shape index (κ3) is 4.30. The van der Waals surface area contributed by atoms with Gasteiger partial charge in [0.05, 0.1) is 5.56 Å². The predicted octanol–water partition coefficient (Wildman–Crippen LogP) is 3.34. The number of amides is 1. The van der Waals surface area contributed by atoms with Crippen LogP contribution in [0.15, 0.2) is 48.7 Å². The molecular formula is C25H21FN6O2. The number of piperidine rings is 1. The topological polar surface area (TPSA) is 139 Å². The van der Waals surface area contributed by atoms with Crippen LogP contribution >= 0.6 is 0 Å². The number of hydrogen-bond donors (Lipinski definition) is 3. The fraction of sp³-hybridized carbons (Fsp3) is 0.200. The van der Waals surface area contributed by atoms with Crippen LogP contribution in [0.4, 0.5) is 10.2 Å². The lowest BCUT2D eigenvalue weighted by molar-refractivity contribution is 0.0706. The number of anilines is 1. The van der Waals surface area contributed by atoms with Crippen molar-refractivity contribution in [3.63, 3.8) is 0 Å². The first-order chi connectivity index (χ1) is 16.5. The van der Waals surface area contributed by atoms with Crippen molar-refractivity contribution in [1.82, 2.24) is 10.5 Å². The third-order valence-corrected chi connectivity index (χ3v) is 5.95.